The van der Waals surface area contributed by atoms with Crippen LogP contribution in [0, 0.1) is 0 Å². The monoisotopic (exact) mass is 511 g/mol. The molecule has 2 rings (SSSR count). The number of hydrogen-bond donors (Lipinski definition) is 1. The van der Waals surface area contributed by atoms with Crippen molar-refractivity contribution in [2.45, 2.75) is 40.5 Å². The highest BCUT2D eigenvalue weighted by molar-refractivity contribution is 9.10. The van der Waals surface area contributed by atoms with E-state index in [0.29, 0.717) is 46.1 Å². The maximum atomic E-state index is 12.4. The first-order chi connectivity index (χ1) is 14.9. The molecular weight excluding hydrogens is 486 g/mol. The van der Waals surface area contributed by atoms with E-state index in [1.807, 2.05) is 20.8 Å². The molecule has 1 aliphatic heterocycles. The zero-order chi connectivity index (χ0) is 23.0. The molecule has 1 heterocycles. The largest absolute Gasteiger partial charge is 0.506 e. The highest BCUT2D eigenvalue weighted by Crippen LogP contribution is 2.41. The molecule has 1 N–H and O–H groups in total. The van der Waals surface area contributed by atoms with Gasteiger partial charge in [-0.1, -0.05) is 34.6 Å². The number of ether oxygens (including phenoxy) is 3. The third-order valence-electron chi connectivity index (χ3n) is 4.01. The molecule has 0 aliphatic carbocycles. The van der Waals surface area contributed by atoms with Crippen LogP contribution < -0.4 is 9.47 Å². The lowest BCUT2D eigenvalue weighted by molar-refractivity contribution is -0.138. The Bertz CT molecular complexity index is 938. The van der Waals surface area contributed by atoms with Crippen molar-refractivity contribution in [3.63, 3.8) is 0 Å². The fourth-order valence-electron chi connectivity index (χ4n) is 2.71. The molecule has 9 heteroatoms. The highest BCUT2D eigenvalue weighted by atomic mass is 79.9. The summed E-state index contributed by atoms with van der Waals surface area (Å²) in [6.07, 6.45) is 2.57. The lowest BCUT2D eigenvalue weighted by atomic mass is 10.1. The van der Waals surface area contributed by atoms with Gasteiger partial charge in [0, 0.05) is 10.9 Å². The topological polar surface area (TPSA) is 94.4 Å². The first-order valence-electron chi connectivity index (χ1n) is 10.1. The molecule has 0 spiro atoms. The summed E-state index contributed by atoms with van der Waals surface area (Å²) in [5.41, 5.74) is 0.597. The molecule has 31 heavy (non-hydrogen) atoms. The SMILES string of the molecule is CCCC(=O)N=C1S/C(=C\c2cc(OCC)c(OCC)cc2Br)C(O)=C1C(=O)OCC. The van der Waals surface area contributed by atoms with Gasteiger partial charge in [0.2, 0.25) is 5.91 Å². The number of halogens is 1. The maximum absolute atomic E-state index is 12.4. The molecule has 168 valence electrons. The van der Waals surface area contributed by atoms with E-state index in [-0.39, 0.29) is 35.3 Å². The van der Waals surface area contributed by atoms with Gasteiger partial charge in [0.25, 0.3) is 0 Å². The van der Waals surface area contributed by atoms with Gasteiger partial charge in [-0.05, 0) is 51.0 Å². The molecular formula is C22H26BrNO6S. The molecule has 1 aliphatic rings. The predicted octanol–water partition coefficient (Wildman–Crippen LogP) is 5.43. The molecule has 0 fully saturated rings. The van der Waals surface area contributed by atoms with Crippen LogP contribution in [0.1, 0.15) is 46.1 Å². The molecule has 1 aromatic carbocycles. The number of rotatable bonds is 9. The molecule has 0 radical (unpaired) electrons. The molecule has 0 bridgehead atoms. The smallest absolute Gasteiger partial charge is 0.344 e. The van der Waals surface area contributed by atoms with Gasteiger partial charge in [-0.15, -0.1) is 0 Å². The molecule has 0 unspecified atom stereocenters. The van der Waals surface area contributed by atoms with Crippen molar-refractivity contribution in [2.75, 3.05) is 19.8 Å². The van der Waals surface area contributed by atoms with E-state index >= 15 is 0 Å². The zero-order valence-corrected chi connectivity index (χ0v) is 20.4. The average Bonchev–Trinajstić information content (AvgIpc) is 3.00. The van der Waals surface area contributed by atoms with E-state index in [9.17, 15) is 14.7 Å². The Morgan fingerprint density at radius 2 is 1.74 bits per heavy atom. The van der Waals surface area contributed by atoms with E-state index < -0.39 is 5.97 Å². The number of nitrogens with zero attached hydrogens (tertiary/aromatic N) is 1. The lowest BCUT2D eigenvalue weighted by Gasteiger charge is -2.13. The summed E-state index contributed by atoms with van der Waals surface area (Å²) in [5, 5.41) is 10.9. The third-order valence-corrected chi connectivity index (χ3v) is 5.72. The molecule has 0 saturated heterocycles. The van der Waals surface area contributed by atoms with Crippen LogP contribution in [0.15, 0.2) is 37.8 Å². The van der Waals surface area contributed by atoms with Gasteiger partial charge in [-0.3, -0.25) is 4.79 Å². The number of hydrogen-bond acceptors (Lipinski definition) is 7. The molecule has 1 aromatic rings. The van der Waals surface area contributed by atoms with Gasteiger partial charge in [-0.25, -0.2) is 9.79 Å². The van der Waals surface area contributed by atoms with Gasteiger partial charge in [0.05, 0.1) is 24.7 Å². The van der Waals surface area contributed by atoms with Crippen LogP contribution in [0.3, 0.4) is 0 Å². The Morgan fingerprint density at radius 3 is 2.32 bits per heavy atom. The molecule has 0 saturated carbocycles. The normalized spacial score (nSPS) is 16.2. The summed E-state index contributed by atoms with van der Waals surface area (Å²) in [6.45, 7) is 8.37. The van der Waals surface area contributed by atoms with Crippen LogP contribution in [0.2, 0.25) is 0 Å². The van der Waals surface area contributed by atoms with Crippen LogP contribution in [0.25, 0.3) is 6.08 Å². The minimum atomic E-state index is -0.722. The van der Waals surface area contributed by atoms with Gasteiger partial charge in [-0.2, -0.15) is 0 Å². The number of benzene rings is 1. The van der Waals surface area contributed by atoms with Crippen molar-refractivity contribution >= 4 is 50.7 Å². The summed E-state index contributed by atoms with van der Waals surface area (Å²) in [4.78, 5) is 28.9. The number of thioether (sulfide) groups is 1. The Labute approximate surface area is 194 Å². The molecule has 0 aromatic heterocycles. The second kappa shape index (κ2) is 12.0. The number of aliphatic hydroxyl groups is 1. The quantitative estimate of drug-likeness (QED) is 0.441. The highest BCUT2D eigenvalue weighted by Gasteiger charge is 2.34. The van der Waals surface area contributed by atoms with Crippen LogP contribution in [-0.2, 0) is 14.3 Å². The number of aliphatic hydroxyl groups excluding tert-OH is 1. The molecule has 7 nitrogen and oxygen atoms in total. The van der Waals surface area contributed by atoms with Crippen molar-refractivity contribution < 1.29 is 28.9 Å². The van der Waals surface area contributed by atoms with Gasteiger partial charge >= 0.3 is 5.97 Å². The fraction of sp³-hybridized carbons (Fsp3) is 0.409. The molecule has 1 amide bonds. The Kier molecular flexibility index (Phi) is 9.64. The van der Waals surface area contributed by atoms with Crippen molar-refractivity contribution in [2.24, 2.45) is 4.99 Å². The minimum absolute atomic E-state index is 0.102. The fourth-order valence-corrected chi connectivity index (χ4v) is 4.17. The summed E-state index contributed by atoms with van der Waals surface area (Å²) < 4.78 is 17.0. The third kappa shape index (κ3) is 6.36. The number of esters is 1. The summed E-state index contributed by atoms with van der Waals surface area (Å²) in [5.74, 6) is -0.202. The number of aliphatic imine (C=N–C) groups is 1. The lowest BCUT2D eigenvalue weighted by Crippen LogP contribution is -2.14. The summed E-state index contributed by atoms with van der Waals surface area (Å²) in [7, 11) is 0. The number of carbonyl (C=O) groups excluding carboxylic acids is 2. The van der Waals surface area contributed by atoms with Gasteiger partial charge < -0.3 is 19.3 Å². The van der Waals surface area contributed by atoms with E-state index in [1.165, 1.54) is 0 Å². The maximum Gasteiger partial charge on any atom is 0.344 e. The van der Waals surface area contributed by atoms with E-state index in [2.05, 4.69) is 20.9 Å². The first-order valence-corrected chi connectivity index (χ1v) is 11.7. The number of amides is 1. The molecule has 0 atom stereocenters. The van der Waals surface area contributed by atoms with Crippen LogP contribution in [-0.4, -0.2) is 41.8 Å². The van der Waals surface area contributed by atoms with Crippen molar-refractivity contribution in [3.8, 4) is 11.5 Å². The Morgan fingerprint density at radius 1 is 1.10 bits per heavy atom. The van der Waals surface area contributed by atoms with E-state index in [0.717, 1.165) is 11.8 Å². The van der Waals surface area contributed by atoms with Gasteiger partial charge in [0.1, 0.15) is 16.4 Å². The first kappa shape index (κ1) is 25.0. The minimum Gasteiger partial charge on any atom is -0.506 e. The van der Waals surface area contributed by atoms with Crippen molar-refractivity contribution in [1.29, 1.82) is 0 Å². The predicted molar refractivity (Wildman–Crippen MR) is 126 cm³/mol. The standard InChI is InChI=1S/C22H26BrNO6S/c1-5-9-18(25)24-21-19(22(27)30-8-4)20(26)17(31-21)11-13-10-15(28-6-2)16(29-7-3)12-14(13)23/h10-12,26H,5-9H2,1-4H3/b17-11-,24-21?. The second-order valence-electron chi connectivity index (χ2n) is 6.30. The summed E-state index contributed by atoms with van der Waals surface area (Å²) in [6, 6.07) is 3.56. The van der Waals surface area contributed by atoms with Gasteiger partial charge in [0.15, 0.2) is 11.5 Å². The number of carbonyl (C=O) groups is 2. The van der Waals surface area contributed by atoms with E-state index in [1.54, 1.807) is 25.1 Å². The van der Waals surface area contributed by atoms with Crippen molar-refractivity contribution in [3.05, 3.63) is 38.4 Å². The average molecular weight is 512 g/mol. The van der Waals surface area contributed by atoms with Crippen LogP contribution in [0.4, 0.5) is 0 Å². The Balaban J connectivity index is 2.53. The Hall–Kier alpha value is -2.26. The second-order valence-corrected chi connectivity index (χ2v) is 8.19. The van der Waals surface area contributed by atoms with E-state index in [4.69, 9.17) is 14.2 Å². The van der Waals surface area contributed by atoms with Crippen LogP contribution in [0.5, 0.6) is 11.5 Å². The van der Waals surface area contributed by atoms with Crippen molar-refractivity contribution in [1.82, 2.24) is 0 Å². The summed E-state index contributed by atoms with van der Waals surface area (Å²) >= 11 is 4.56. The van der Waals surface area contributed by atoms with Crippen LogP contribution >= 0.6 is 27.7 Å². The zero-order valence-electron chi connectivity index (χ0n) is 18.0.